The second-order valence-corrected chi connectivity index (χ2v) is 6.01. The average molecular weight is 257 g/mol. The Kier molecular flexibility index (Phi) is 3.70. The van der Waals surface area contributed by atoms with E-state index in [0.717, 1.165) is 5.69 Å². The molecule has 0 unspecified atom stereocenters. The molecule has 2 rings (SSSR count). The van der Waals surface area contributed by atoms with E-state index in [1.54, 1.807) is 19.2 Å². The van der Waals surface area contributed by atoms with Crippen LogP contribution in [0.3, 0.4) is 0 Å². The molecule has 94 valence electrons. The van der Waals surface area contributed by atoms with E-state index in [-0.39, 0.29) is 11.9 Å². The predicted octanol–water partition coefficient (Wildman–Crippen LogP) is 0.200. The molecule has 17 heavy (non-hydrogen) atoms. The minimum atomic E-state index is -3.15. The Balaban J connectivity index is 2.13. The third-order valence-corrected chi connectivity index (χ3v) is 4.57. The van der Waals surface area contributed by atoms with Gasteiger partial charge in [-0.05, 0) is 13.0 Å². The van der Waals surface area contributed by atoms with Crippen molar-refractivity contribution in [2.75, 3.05) is 25.4 Å². The molecule has 1 fully saturated rings. The Bertz CT molecular complexity index is 463. The summed E-state index contributed by atoms with van der Waals surface area (Å²) in [6.07, 6.45) is 2.76. The summed E-state index contributed by atoms with van der Waals surface area (Å²) in [5, 5.41) is 0. The molecule has 1 saturated heterocycles. The quantitative estimate of drug-likeness (QED) is 0.773. The van der Waals surface area contributed by atoms with Crippen molar-refractivity contribution in [2.45, 2.75) is 13.0 Å². The summed E-state index contributed by atoms with van der Waals surface area (Å²) in [6, 6.07) is 1.74. The van der Waals surface area contributed by atoms with E-state index in [2.05, 4.69) is 9.97 Å². The van der Waals surface area contributed by atoms with Gasteiger partial charge in [-0.15, -0.1) is 0 Å². The van der Waals surface area contributed by atoms with Crippen molar-refractivity contribution >= 4 is 10.0 Å². The van der Waals surface area contributed by atoms with Gasteiger partial charge in [0.15, 0.2) is 0 Å². The Morgan fingerprint density at radius 2 is 2.41 bits per heavy atom. The Labute approximate surface area is 101 Å². The maximum Gasteiger partial charge on any atom is 0.214 e. The second-order valence-electron chi connectivity index (χ2n) is 3.75. The largest absolute Gasteiger partial charge is 0.369 e. The molecule has 1 aromatic heterocycles. The number of nitrogens with zero attached hydrogens (tertiary/aromatic N) is 3. The van der Waals surface area contributed by atoms with Crippen LogP contribution in [0.15, 0.2) is 18.6 Å². The van der Waals surface area contributed by atoms with Crippen molar-refractivity contribution in [3.8, 4) is 0 Å². The molecule has 0 N–H and O–H groups in total. The highest BCUT2D eigenvalue weighted by molar-refractivity contribution is 7.89. The molecule has 1 atom stereocenters. The molecule has 0 aliphatic carbocycles. The summed E-state index contributed by atoms with van der Waals surface area (Å²) in [6.45, 7) is 2.78. The van der Waals surface area contributed by atoms with E-state index in [1.807, 2.05) is 0 Å². The fourth-order valence-corrected chi connectivity index (χ4v) is 2.81. The van der Waals surface area contributed by atoms with Gasteiger partial charge in [0.1, 0.15) is 12.4 Å². The minimum Gasteiger partial charge on any atom is -0.369 e. The number of hydrogen-bond donors (Lipinski definition) is 0. The number of aromatic nitrogens is 2. The molecular weight excluding hydrogens is 242 g/mol. The fourth-order valence-electron chi connectivity index (χ4n) is 1.73. The minimum absolute atomic E-state index is 0.115. The second kappa shape index (κ2) is 5.07. The third kappa shape index (κ3) is 2.80. The van der Waals surface area contributed by atoms with Crippen LogP contribution in [-0.4, -0.2) is 48.1 Å². The summed E-state index contributed by atoms with van der Waals surface area (Å²) in [4.78, 5) is 7.91. The zero-order valence-electron chi connectivity index (χ0n) is 9.61. The van der Waals surface area contributed by atoms with Crippen LogP contribution in [0.5, 0.6) is 0 Å². The van der Waals surface area contributed by atoms with Crippen molar-refractivity contribution in [1.29, 1.82) is 0 Å². The average Bonchev–Trinajstić information content (AvgIpc) is 2.40. The first-order chi connectivity index (χ1) is 8.13. The lowest BCUT2D eigenvalue weighted by atomic mass is 10.2. The molecule has 7 heteroatoms. The topological polar surface area (TPSA) is 72.4 Å². The van der Waals surface area contributed by atoms with Gasteiger partial charge < -0.3 is 4.74 Å². The van der Waals surface area contributed by atoms with Crippen LogP contribution in [0.4, 0.5) is 0 Å². The van der Waals surface area contributed by atoms with Crippen molar-refractivity contribution in [3.63, 3.8) is 0 Å². The summed E-state index contributed by atoms with van der Waals surface area (Å²) < 4.78 is 30.5. The lowest BCUT2D eigenvalue weighted by molar-refractivity contribution is -0.00496. The number of rotatable bonds is 3. The van der Waals surface area contributed by atoms with Gasteiger partial charge in [-0.3, -0.25) is 0 Å². The lowest BCUT2D eigenvalue weighted by Gasteiger charge is -2.31. The summed E-state index contributed by atoms with van der Waals surface area (Å²) >= 11 is 0. The molecule has 0 aromatic carbocycles. The number of morpholine rings is 1. The zero-order valence-corrected chi connectivity index (χ0v) is 10.4. The van der Waals surface area contributed by atoms with Crippen LogP contribution in [0.1, 0.15) is 18.7 Å². The molecule has 0 radical (unpaired) electrons. The number of hydrogen-bond acceptors (Lipinski definition) is 5. The van der Waals surface area contributed by atoms with Gasteiger partial charge >= 0.3 is 0 Å². The summed E-state index contributed by atoms with van der Waals surface area (Å²) in [5.74, 6) is 0.115. The molecular formula is C10H15N3O3S. The van der Waals surface area contributed by atoms with E-state index < -0.39 is 10.0 Å². The van der Waals surface area contributed by atoms with Crippen LogP contribution in [0, 0.1) is 0 Å². The van der Waals surface area contributed by atoms with E-state index in [4.69, 9.17) is 4.74 Å². The Morgan fingerprint density at radius 3 is 3.06 bits per heavy atom. The van der Waals surface area contributed by atoms with Gasteiger partial charge in [0, 0.05) is 19.3 Å². The Hall–Kier alpha value is -1.05. The van der Waals surface area contributed by atoms with Crippen LogP contribution in [0.2, 0.25) is 0 Å². The first-order valence-corrected chi connectivity index (χ1v) is 7.09. The third-order valence-electron chi connectivity index (χ3n) is 2.72. The summed E-state index contributed by atoms with van der Waals surface area (Å²) in [5.41, 5.74) is 0.719. The van der Waals surface area contributed by atoms with Gasteiger partial charge in [-0.1, -0.05) is 0 Å². The standard InChI is InChI=1S/C10H15N3O3S/c1-2-17(14,15)13-5-6-16-10(7-13)9-3-4-11-8-12-9/h3-4,8,10H,2,5-7H2,1H3/t10-/m0/s1. The highest BCUT2D eigenvalue weighted by Crippen LogP contribution is 2.21. The van der Waals surface area contributed by atoms with E-state index >= 15 is 0 Å². The van der Waals surface area contributed by atoms with Gasteiger partial charge in [-0.25, -0.2) is 18.4 Å². The van der Waals surface area contributed by atoms with Crippen molar-refractivity contribution in [1.82, 2.24) is 14.3 Å². The SMILES string of the molecule is CCS(=O)(=O)N1CCO[C@H](c2ccncn2)C1. The van der Waals surface area contributed by atoms with Crippen LogP contribution < -0.4 is 0 Å². The molecule has 1 aliphatic heterocycles. The van der Waals surface area contributed by atoms with Gasteiger partial charge in [0.2, 0.25) is 10.0 Å². The molecule has 0 amide bonds. The highest BCUT2D eigenvalue weighted by atomic mass is 32.2. The van der Waals surface area contributed by atoms with E-state index in [9.17, 15) is 8.42 Å². The first kappa shape index (κ1) is 12.4. The van der Waals surface area contributed by atoms with E-state index in [0.29, 0.717) is 19.7 Å². The van der Waals surface area contributed by atoms with Crippen molar-refractivity contribution < 1.29 is 13.2 Å². The molecule has 0 bridgehead atoms. The predicted molar refractivity (Wildman–Crippen MR) is 61.8 cm³/mol. The van der Waals surface area contributed by atoms with E-state index in [1.165, 1.54) is 10.6 Å². The molecule has 0 spiro atoms. The van der Waals surface area contributed by atoms with Crippen LogP contribution in [-0.2, 0) is 14.8 Å². The van der Waals surface area contributed by atoms with Crippen molar-refractivity contribution in [3.05, 3.63) is 24.3 Å². The first-order valence-electron chi connectivity index (χ1n) is 5.49. The van der Waals surface area contributed by atoms with Crippen LogP contribution >= 0.6 is 0 Å². The number of ether oxygens (including phenoxy) is 1. The summed E-state index contributed by atoms with van der Waals surface area (Å²) in [7, 11) is -3.15. The van der Waals surface area contributed by atoms with Crippen LogP contribution in [0.25, 0.3) is 0 Å². The number of sulfonamides is 1. The smallest absolute Gasteiger partial charge is 0.214 e. The maximum atomic E-state index is 11.8. The molecule has 1 aliphatic rings. The van der Waals surface area contributed by atoms with Crippen molar-refractivity contribution in [2.24, 2.45) is 0 Å². The molecule has 0 saturated carbocycles. The lowest BCUT2D eigenvalue weighted by Crippen LogP contribution is -2.43. The molecule has 2 heterocycles. The monoisotopic (exact) mass is 257 g/mol. The zero-order chi connectivity index (χ0) is 12.3. The Morgan fingerprint density at radius 1 is 1.59 bits per heavy atom. The normalized spacial score (nSPS) is 22.5. The van der Waals surface area contributed by atoms with Gasteiger partial charge in [-0.2, -0.15) is 4.31 Å². The molecule has 1 aromatic rings. The molecule has 6 nitrogen and oxygen atoms in total. The van der Waals surface area contributed by atoms with Gasteiger partial charge in [0.05, 0.1) is 18.1 Å². The maximum absolute atomic E-state index is 11.8. The highest BCUT2D eigenvalue weighted by Gasteiger charge is 2.29. The fraction of sp³-hybridized carbons (Fsp3) is 0.600. The van der Waals surface area contributed by atoms with Gasteiger partial charge in [0.25, 0.3) is 0 Å².